The Labute approximate surface area is 229 Å². The Morgan fingerprint density at radius 3 is 2.56 bits per heavy atom. The number of tetrazole rings is 1. The lowest BCUT2D eigenvalue weighted by atomic mass is 10.0. The Balaban J connectivity index is 1.48. The first-order valence-electron chi connectivity index (χ1n) is 12.8. The summed E-state index contributed by atoms with van der Waals surface area (Å²) in [6, 6.07) is 15.2. The third-order valence-corrected chi connectivity index (χ3v) is 7.13. The Morgan fingerprint density at radius 1 is 1.13 bits per heavy atom. The van der Waals surface area contributed by atoms with E-state index >= 15 is 0 Å². The first-order valence-corrected chi connectivity index (χ1v) is 13.2. The summed E-state index contributed by atoms with van der Waals surface area (Å²) in [6.45, 7) is 1.55. The molecule has 5 rings (SSSR count). The van der Waals surface area contributed by atoms with Crippen molar-refractivity contribution in [1.29, 1.82) is 0 Å². The second-order valence-corrected chi connectivity index (χ2v) is 10.0. The monoisotopic (exact) mass is 550 g/mol. The molecule has 1 atom stereocenters. The molecule has 1 N–H and O–H groups in total. The maximum Gasteiger partial charge on any atom is 0.247 e. The van der Waals surface area contributed by atoms with E-state index in [0.717, 1.165) is 30.5 Å². The minimum Gasteiger partial charge on any atom is -0.458 e. The van der Waals surface area contributed by atoms with Crippen molar-refractivity contribution in [3.8, 4) is 11.6 Å². The summed E-state index contributed by atoms with van der Waals surface area (Å²) in [5, 5.41) is 15.9. The number of carbonyl (C=O) groups is 2. The van der Waals surface area contributed by atoms with E-state index in [0.29, 0.717) is 27.7 Å². The Morgan fingerprint density at radius 2 is 1.87 bits per heavy atom. The molecule has 2 aromatic carbocycles. The van der Waals surface area contributed by atoms with E-state index in [2.05, 4.69) is 20.7 Å². The number of amides is 2. The predicted octanol–water partition coefficient (Wildman–Crippen LogP) is 4.86. The molecule has 39 heavy (non-hydrogen) atoms. The fourth-order valence-corrected chi connectivity index (χ4v) is 4.97. The van der Waals surface area contributed by atoms with Crippen LogP contribution in [-0.2, 0) is 22.7 Å². The zero-order valence-corrected chi connectivity index (χ0v) is 22.1. The molecule has 0 bridgehead atoms. The molecular formula is C28H28ClFN6O3. The van der Waals surface area contributed by atoms with E-state index in [1.165, 1.54) is 29.2 Å². The average Bonchev–Trinajstić information content (AvgIpc) is 3.69. The van der Waals surface area contributed by atoms with Crippen molar-refractivity contribution in [2.45, 2.75) is 57.8 Å². The Kier molecular flexibility index (Phi) is 8.02. The number of nitrogens with zero attached hydrogens (tertiary/aromatic N) is 5. The normalized spacial score (nSPS) is 14.3. The molecule has 2 amide bonds. The number of furan rings is 1. The first kappa shape index (κ1) is 26.6. The van der Waals surface area contributed by atoms with Gasteiger partial charge in [0, 0.05) is 17.6 Å². The van der Waals surface area contributed by atoms with Crippen LogP contribution in [0.4, 0.5) is 4.39 Å². The molecule has 1 fully saturated rings. The van der Waals surface area contributed by atoms with Gasteiger partial charge in [-0.2, -0.15) is 4.80 Å². The van der Waals surface area contributed by atoms with Gasteiger partial charge in [0.05, 0.1) is 0 Å². The summed E-state index contributed by atoms with van der Waals surface area (Å²) in [7, 11) is 0. The lowest BCUT2D eigenvalue weighted by molar-refractivity contribution is -0.142. The molecule has 2 heterocycles. The summed E-state index contributed by atoms with van der Waals surface area (Å²) in [5.41, 5.74) is 1.14. The number of carbonyl (C=O) groups excluding carboxylic acids is 2. The molecule has 0 radical (unpaired) electrons. The molecule has 1 saturated carbocycles. The average molecular weight is 551 g/mol. The van der Waals surface area contributed by atoms with E-state index in [-0.39, 0.29) is 30.9 Å². The first-order chi connectivity index (χ1) is 18.9. The van der Waals surface area contributed by atoms with Crippen molar-refractivity contribution in [2.75, 3.05) is 0 Å². The lowest BCUT2D eigenvalue weighted by Gasteiger charge is -2.32. The van der Waals surface area contributed by atoms with Gasteiger partial charge in [-0.05, 0) is 66.4 Å². The number of aryl methyl sites for hydroxylation is 1. The molecule has 0 spiro atoms. The van der Waals surface area contributed by atoms with E-state index < -0.39 is 17.8 Å². The summed E-state index contributed by atoms with van der Waals surface area (Å²) in [5.74, 6) is 0.142. The number of aromatic nitrogens is 4. The molecule has 2 aromatic heterocycles. The van der Waals surface area contributed by atoms with Crippen LogP contribution in [0.2, 0.25) is 5.02 Å². The number of hydrogen-bond donors (Lipinski definition) is 1. The van der Waals surface area contributed by atoms with Crippen LogP contribution in [0.15, 0.2) is 65.1 Å². The van der Waals surface area contributed by atoms with Crippen LogP contribution in [0.3, 0.4) is 0 Å². The highest BCUT2D eigenvalue weighted by atomic mass is 35.5. The second kappa shape index (κ2) is 11.8. The van der Waals surface area contributed by atoms with Gasteiger partial charge in [-0.25, -0.2) is 4.39 Å². The van der Waals surface area contributed by atoms with Gasteiger partial charge in [-0.3, -0.25) is 9.59 Å². The molecule has 0 aliphatic heterocycles. The summed E-state index contributed by atoms with van der Waals surface area (Å²) in [6.07, 6.45) is 3.81. The van der Waals surface area contributed by atoms with Crippen molar-refractivity contribution < 1.29 is 18.4 Å². The second-order valence-electron chi connectivity index (χ2n) is 9.61. The predicted molar refractivity (Wildman–Crippen MR) is 142 cm³/mol. The molecule has 1 aliphatic rings. The van der Waals surface area contributed by atoms with Gasteiger partial charge in [0.1, 0.15) is 24.2 Å². The lowest BCUT2D eigenvalue weighted by Crippen LogP contribution is -2.46. The molecule has 9 nitrogen and oxygen atoms in total. The number of benzene rings is 2. The van der Waals surface area contributed by atoms with Crippen molar-refractivity contribution in [1.82, 2.24) is 30.4 Å². The third-order valence-electron chi connectivity index (χ3n) is 6.76. The van der Waals surface area contributed by atoms with Crippen LogP contribution in [0, 0.1) is 12.7 Å². The minimum absolute atomic E-state index is 0.0222. The maximum absolute atomic E-state index is 13.9. The zero-order valence-electron chi connectivity index (χ0n) is 21.4. The number of rotatable bonds is 9. The smallest absolute Gasteiger partial charge is 0.247 e. The minimum atomic E-state index is -1.04. The molecule has 0 saturated heterocycles. The van der Waals surface area contributed by atoms with Crippen molar-refractivity contribution in [3.63, 3.8) is 0 Å². The van der Waals surface area contributed by atoms with Crippen LogP contribution >= 0.6 is 11.6 Å². The van der Waals surface area contributed by atoms with Crippen LogP contribution in [0.1, 0.15) is 48.6 Å². The largest absolute Gasteiger partial charge is 0.458 e. The SMILES string of the molecule is Cc1ccc(-c2nnn(CC(=O)N(Cc3ccccc3Cl)[C@H](C(=O)NC3CCCC3)c3ccc(F)cc3)n2)o1. The summed E-state index contributed by atoms with van der Waals surface area (Å²) in [4.78, 5) is 30.2. The van der Waals surface area contributed by atoms with Crippen molar-refractivity contribution >= 4 is 23.4 Å². The van der Waals surface area contributed by atoms with E-state index in [4.69, 9.17) is 16.0 Å². The molecule has 4 aromatic rings. The molecular weight excluding hydrogens is 523 g/mol. The van der Waals surface area contributed by atoms with Gasteiger partial charge < -0.3 is 14.6 Å². The standard InChI is InChI=1S/C28H28ClFN6O3/c1-18-10-15-24(39-18)27-32-34-36(33-27)17-25(37)35(16-20-6-2-5-9-23(20)29)26(19-11-13-21(30)14-12-19)28(38)31-22-7-3-4-8-22/h2,5-6,9-15,22,26H,3-4,7-8,16-17H2,1H3,(H,31,38)/t26-/m0/s1. The fourth-order valence-electron chi connectivity index (χ4n) is 4.78. The highest BCUT2D eigenvalue weighted by Gasteiger charge is 2.34. The Hall–Kier alpha value is -4.05. The van der Waals surface area contributed by atoms with Crippen molar-refractivity contribution in [2.24, 2.45) is 0 Å². The van der Waals surface area contributed by atoms with E-state index in [1.807, 2.05) is 6.07 Å². The summed E-state index contributed by atoms with van der Waals surface area (Å²) < 4.78 is 19.4. The maximum atomic E-state index is 13.9. The topological polar surface area (TPSA) is 106 Å². The highest BCUT2D eigenvalue weighted by Crippen LogP contribution is 2.28. The van der Waals surface area contributed by atoms with Crippen molar-refractivity contribution in [3.05, 3.63) is 88.4 Å². The summed E-state index contributed by atoms with van der Waals surface area (Å²) >= 11 is 6.46. The van der Waals surface area contributed by atoms with Crippen LogP contribution in [0.25, 0.3) is 11.6 Å². The van der Waals surface area contributed by atoms with Gasteiger partial charge >= 0.3 is 0 Å². The van der Waals surface area contributed by atoms with Crippen LogP contribution < -0.4 is 5.32 Å². The van der Waals surface area contributed by atoms with E-state index in [9.17, 15) is 14.0 Å². The van der Waals surface area contributed by atoms with E-state index in [1.54, 1.807) is 37.3 Å². The van der Waals surface area contributed by atoms with Gasteiger partial charge in [-0.1, -0.05) is 54.8 Å². The number of halogens is 2. The number of hydrogen-bond acceptors (Lipinski definition) is 6. The highest BCUT2D eigenvalue weighted by molar-refractivity contribution is 6.31. The third kappa shape index (κ3) is 6.34. The molecule has 1 aliphatic carbocycles. The quantitative estimate of drug-likeness (QED) is 0.319. The zero-order chi connectivity index (χ0) is 27.4. The molecule has 0 unspecified atom stereocenters. The van der Waals surface area contributed by atoms with Crippen LogP contribution in [-0.4, -0.2) is 43.0 Å². The fraction of sp³-hybridized carbons (Fsp3) is 0.321. The van der Waals surface area contributed by atoms with Gasteiger partial charge in [0.15, 0.2) is 5.76 Å². The number of nitrogens with one attached hydrogen (secondary N) is 1. The molecule has 11 heteroatoms. The van der Waals surface area contributed by atoms with Gasteiger partial charge in [0.25, 0.3) is 0 Å². The Bertz CT molecular complexity index is 1450. The van der Waals surface area contributed by atoms with Gasteiger partial charge in [-0.15, -0.1) is 10.2 Å². The molecule has 202 valence electrons. The van der Waals surface area contributed by atoms with Crippen LogP contribution in [0.5, 0.6) is 0 Å². The van der Waals surface area contributed by atoms with Gasteiger partial charge in [0.2, 0.25) is 17.6 Å².